The fourth-order valence-corrected chi connectivity index (χ4v) is 3.45. The van der Waals surface area contributed by atoms with Crippen LogP contribution >= 0.6 is 0 Å². The van der Waals surface area contributed by atoms with Crippen molar-refractivity contribution in [1.82, 2.24) is 0 Å². The maximum absolute atomic E-state index is 9.68. The molecule has 0 aliphatic carbocycles. The van der Waals surface area contributed by atoms with Crippen LogP contribution in [0.4, 0.5) is 5.69 Å². The van der Waals surface area contributed by atoms with E-state index in [1.165, 1.54) is 5.56 Å². The summed E-state index contributed by atoms with van der Waals surface area (Å²) in [6.07, 6.45) is 8.29. The zero-order valence-electron chi connectivity index (χ0n) is 19.6. The van der Waals surface area contributed by atoms with Crippen molar-refractivity contribution in [3.05, 3.63) is 121 Å². The van der Waals surface area contributed by atoms with Crippen LogP contribution in [0.15, 0.2) is 92.8 Å². The lowest BCUT2D eigenvalue weighted by Crippen LogP contribution is -2.17. The van der Waals surface area contributed by atoms with E-state index in [-0.39, 0.29) is 5.76 Å². The first-order valence-electron chi connectivity index (χ1n) is 10.4. The fourth-order valence-electron chi connectivity index (χ4n) is 3.45. The quantitative estimate of drug-likeness (QED) is 0.315. The van der Waals surface area contributed by atoms with Gasteiger partial charge < -0.3 is 14.7 Å². The Morgan fingerprint density at radius 3 is 2.34 bits per heavy atom. The molecule has 1 N–H and O–H groups in total. The number of nitrogens with zero attached hydrogens (tertiary/aromatic N) is 1. The molecule has 0 unspecified atom stereocenters. The highest BCUT2D eigenvalue weighted by Gasteiger charge is 2.15. The minimum Gasteiger partial charge on any atom is -0.508 e. The molecule has 0 saturated carbocycles. The van der Waals surface area contributed by atoms with E-state index in [0.717, 1.165) is 45.8 Å². The SMILES string of the molecule is C=C/C=C(\C=C/Cc1ccc(C(=C)C)c(N(C)C(=C)c2ccc(C(=C)O)cc2C)c1)OC. The Hall–Kier alpha value is -3.72. The molecule has 0 fully saturated rings. The molecular formula is C29H33NO2. The van der Waals surface area contributed by atoms with E-state index < -0.39 is 0 Å². The summed E-state index contributed by atoms with van der Waals surface area (Å²) in [4.78, 5) is 2.09. The third-order valence-corrected chi connectivity index (χ3v) is 5.31. The molecule has 0 saturated heterocycles. The van der Waals surface area contributed by atoms with E-state index in [9.17, 15) is 5.11 Å². The van der Waals surface area contributed by atoms with Gasteiger partial charge >= 0.3 is 0 Å². The predicted octanol–water partition coefficient (Wildman–Crippen LogP) is 7.48. The number of ether oxygens (including phenoxy) is 1. The van der Waals surface area contributed by atoms with Crippen molar-refractivity contribution >= 4 is 22.7 Å². The van der Waals surface area contributed by atoms with Gasteiger partial charge in [0.15, 0.2) is 0 Å². The molecule has 0 aliphatic heterocycles. The van der Waals surface area contributed by atoms with E-state index >= 15 is 0 Å². The second kappa shape index (κ2) is 11.1. The van der Waals surface area contributed by atoms with Crippen molar-refractivity contribution in [2.45, 2.75) is 20.3 Å². The number of benzene rings is 2. The predicted molar refractivity (Wildman–Crippen MR) is 140 cm³/mol. The lowest BCUT2D eigenvalue weighted by molar-refractivity contribution is 0.307. The average molecular weight is 428 g/mol. The van der Waals surface area contributed by atoms with Crippen LogP contribution in [0.5, 0.6) is 0 Å². The van der Waals surface area contributed by atoms with Crippen LogP contribution in [0, 0.1) is 6.92 Å². The Balaban J connectivity index is 2.38. The highest BCUT2D eigenvalue weighted by atomic mass is 16.5. The fraction of sp³-hybridized carbons (Fsp3) is 0.172. The zero-order chi connectivity index (χ0) is 23.8. The summed E-state index contributed by atoms with van der Waals surface area (Å²) in [5.74, 6) is 0.817. The minimum absolute atomic E-state index is 0.0588. The molecule has 0 radical (unpaired) electrons. The molecule has 3 heteroatoms. The molecule has 0 amide bonds. The van der Waals surface area contributed by atoms with E-state index in [4.69, 9.17) is 4.74 Å². The highest BCUT2D eigenvalue weighted by Crippen LogP contribution is 2.33. The van der Waals surface area contributed by atoms with Crippen molar-refractivity contribution in [2.24, 2.45) is 0 Å². The first kappa shape index (κ1) is 24.5. The molecule has 166 valence electrons. The number of anilines is 1. The molecule has 0 aromatic heterocycles. The van der Waals surface area contributed by atoms with Gasteiger partial charge in [-0.15, -0.1) is 0 Å². The second-order valence-electron chi connectivity index (χ2n) is 7.73. The van der Waals surface area contributed by atoms with E-state index in [1.54, 1.807) is 13.2 Å². The van der Waals surface area contributed by atoms with Gasteiger partial charge in [0.05, 0.1) is 7.11 Å². The second-order valence-corrected chi connectivity index (χ2v) is 7.73. The number of allylic oxidation sites excluding steroid dienone is 5. The van der Waals surface area contributed by atoms with Crippen LogP contribution in [0.1, 0.15) is 34.7 Å². The van der Waals surface area contributed by atoms with Crippen LogP contribution in [-0.4, -0.2) is 19.3 Å². The van der Waals surface area contributed by atoms with E-state index in [2.05, 4.69) is 55.5 Å². The van der Waals surface area contributed by atoms with Crippen molar-refractivity contribution in [3.8, 4) is 0 Å². The summed E-state index contributed by atoms with van der Waals surface area (Å²) in [6.45, 7) is 19.8. The molecule has 2 aromatic rings. The van der Waals surface area contributed by atoms with Crippen LogP contribution in [0.2, 0.25) is 0 Å². The molecule has 3 nitrogen and oxygen atoms in total. The lowest BCUT2D eigenvalue weighted by atomic mass is 9.98. The summed E-state index contributed by atoms with van der Waals surface area (Å²) in [7, 11) is 3.66. The van der Waals surface area contributed by atoms with Gasteiger partial charge in [-0.2, -0.15) is 0 Å². The Kier molecular flexibility index (Phi) is 8.48. The van der Waals surface area contributed by atoms with Gasteiger partial charge in [0.1, 0.15) is 11.5 Å². The number of aliphatic hydroxyl groups excluding tert-OH is 1. The molecule has 0 aliphatic rings. The number of aliphatic hydroxyl groups is 1. The number of rotatable bonds is 10. The van der Waals surface area contributed by atoms with Gasteiger partial charge in [-0.05, 0) is 61.3 Å². The third kappa shape index (κ3) is 5.92. The summed E-state index contributed by atoms with van der Waals surface area (Å²) in [6, 6.07) is 12.1. The molecule has 0 spiro atoms. The standard InChI is InChI=1S/C29H33NO2/c1-9-11-26(32-8)13-10-12-24-14-16-27(20(2)3)29(19-24)30(7)22(5)28-17-15-25(23(6)31)18-21(28)4/h9-11,13-19,31H,1-2,5-6,12H2,3-4,7-8H3/b13-10-,26-11+. The van der Waals surface area contributed by atoms with Crippen molar-refractivity contribution < 1.29 is 9.84 Å². The van der Waals surface area contributed by atoms with Crippen LogP contribution in [0.3, 0.4) is 0 Å². The normalized spacial score (nSPS) is 11.3. The molecule has 0 heterocycles. The van der Waals surface area contributed by atoms with Crippen molar-refractivity contribution in [3.63, 3.8) is 0 Å². The number of methoxy groups -OCH3 is 1. The zero-order valence-corrected chi connectivity index (χ0v) is 19.6. The van der Waals surface area contributed by atoms with Crippen molar-refractivity contribution in [1.29, 1.82) is 0 Å². The van der Waals surface area contributed by atoms with Crippen LogP contribution in [0.25, 0.3) is 17.0 Å². The highest BCUT2D eigenvalue weighted by molar-refractivity contribution is 5.85. The summed E-state index contributed by atoms with van der Waals surface area (Å²) < 4.78 is 5.31. The van der Waals surface area contributed by atoms with E-state index in [1.807, 2.05) is 51.2 Å². The Labute approximate surface area is 192 Å². The van der Waals surface area contributed by atoms with Gasteiger partial charge in [0, 0.05) is 35.1 Å². The third-order valence-electron chi connectivity index (χ3n) is 5.31. The molecule has 32 heavy (non-hydrogen) atoms. The molecule has 2 aromatic carbocycles. The maximum atomic E-state index is 9.68. The van der Waals surface area contributed by atoms with Gasteiger partial charge in [-0.1, -0.05) is 62.7 Å². The lowest BCUT2D eigenvalue weighted by Gasteiger charge is -2.27. The Morgan fingerprint density at radius 2 is 1.78 bits per heavy atom. The molecule has 0 bridgehead atoms. The first-order chi connectivity index (χ1) is 15.2. The van der Waals surface area contributed by atoms with Crippen LogP contribution in [-0.2, 0) is 11.2 Å². The topological polar surface area (TPSA) is 32.7 Å². The summed E-state index contributed by atoms with van der Waals surface area (Å²) >= 11 is 0. The molecule has 0 atom stereocenters. The monoisotopic (exact) mass is 427 g/mol. The Bertz CT molecular complexity index is 1100. The molecular weight excluding hydrogens is 394 g/mol. The number of aryl methyl sites for hydroxylation is 1. The molecule has 2 rings (SSSR count). The number of hydrogen-bond donors (Lipinski definition) is 1. The van der Waals surface area contributed by atoms with Crippen molar-refractivity contribution in [2.75, 3.05) is 19.1 Å². The van der Waals surface area contributed by atoms with Crippen LogP contribution < -0.4 is 4.90 Å². The Morgan fingerprint density at radius 1 is 1.09 bits per heavy atom. The maximum Gasteiger partial charge on any atom is 0.118 e. The summed E-state index contributed by atoms with van der Waals surface area (Å²) in [5.41, 5.74) is 7.86. The summed E-state index contributed by atoms with van der Waals surface area (Å²) in [5, 5.41) is 9.68. The van der Waals surface area contributed by atoms with Gasteiger partial charge in [-0.3, -0.25) is 0 Å². The smallest absolute Gasteiger partial charge is 0.118 e. The minimum atomic E-state index is 0.0588. The first-order valence-corrected chi connectivity index (χ1v) is 10.4. The van der Waals surface area contributed by atoms with Gasteiger partial charge in [-0.25, -0.2) is 0 Å². The van der Waals surface area contributed by atoms with Gasteiger partial charge in [0.2, 0.25) is 0 Å². The largest absolute Gasteiger partial charge is 0.508 e. The number of hydrogen-bond acceptors (Lipinski definition) is 3. The van der Waals surface area contributed by atoms with E-state index in [0.29, 0.717) is 5.56 Å². The van der Waals surface area contributed by atoms with Gasteiger partial charge in [0.25, 0.3) is 0 Å². The average Bonchev–Trinajstić information content (AvgIpc) is 2.77.